The Hall–Kier alpha value is -3.96. The molecule has 2 N–H and O–H groups in total. The Morgan fingerprint density at radius 1 is 1.21 bits per heavy atom. The number of rotatable bonds is 4. The van der Waals surface area contributed by atoms with E-state index in [9.17, 15) is 10.1 Å². The molecule has 2 aromatic carbocycles. The zero-order valence-electron chi connectivity index (χ0n) is 19.2. The predicted molar refractivity (Wildman–Crippen MR) is 134 cm³/mol. The summed E-state index contributed by atoms with van der Waals surface area (Å²) < 4.78 is 1.93. The highest BCUT2D eigenvalue weighted by Gasteiger charge is 2.48. The van der Waals surface area contributed by atoms with Crippen molar-refractivity contribution in [3.63, 3.8) is 0 Å². The van der Waals surface area contributed by atoms with Gasteiger partial charge in [0.25, 0.3) is 0 Å². The first kappa shape index (κ1) is 21.9. The van der Waals surface area contributed by atoms with Gasteiger partial charge >= 0.3 is 0 Å². The van der Waals surface area contributed by atoms with Gasteiger partial charge in [0.2, 0.25) is 5.91 Å². The fourth-order valence-corrected chi connectivity index (χ4v) is 5.70. The van der Waals surface area contributed by atoms with Crippen molar-refractivity contribution in [2.24, 2.45) is 10.7 Å². The van der Waals surface area contributed by atoms with E-state index in [1.807, 2.05) is 59.6 Å². The highest BCUT2D eigenvalue weighted by atomic mass is 32.1. The molecule has 0 aliphatic carbocycles. The van der Waals surface area contributed by atoms with Crippen LogP contribution in [0.2, 0.25) is 0 Å². The van der Waals surface area contributed by atoms with Crippen molar-refractivity contribution in [3.8, 4) is 17.2 Å². The Bertz CT molecular complexity index is 1490. The van der Waals surface area contributed by atoms with Gasteiger partial charge in [-0.3, -0.25) is 14.4 Å². The Kier molecular flexibility index (Phi) is 5.22. The summed E-state index contributed by atoms with van der Waals surface area (Å²) in [5, 5.41) is 16.7. The molecule has 3 heterocycles. The molecule has 4 aromatic rings. The van der Waals surface area contributed by atoms with Gasteiger partial charge in [0, 0.05) is 23.9 Å². The van der Waals surface area contributed by atoms with Crippen LogP contribution in [-0.2, 0) is 16.9 Å². The lowest BCUT2D eigenvalue weighted by Crippen LogP contribution is -2.52. The summed E-state index contributed by atoms with van der Waals surface area (Å²) in [6, 6.07) is 17.8. The first-order chi connectivity index (χ1) is 16.4. The molecule has 0 saturated carbocycles. The Morgan fingerprint density at radius 2 is 2.03 bits per heavy atom. The van der Waals surface area contributed by atoms with Gasteiger partial charge in [-0.25, -0.2) is 4.99 Å². The van der Waals surface area contributed by atoms with Crippen LogP contribution in [0.25, 0.3) is 22.0 Å². The number of aryl methyl sites for hydroxylation is 1. The molecule has 0 fully saturated rings. The molecular formula is C26H24N6OS. The van der Waals surface area contributed by atoms with E-state index in [0.717, 1.165) is 39.0 Å². The SMILES string of the molecule is CCn1ncc2cc([C@H]3C(=O)N(C)C(N)=N[C@]3(C)c3cc(-c4cccc(C#N)c4)cs3)ccc21. The van der Waals surface area contributed by atoms with Crippen molar-refractivity contribution in [2.75, 3.05) is 7.05 Å². The lowest BCUT2D eigenvalue weighted by Gasteiger charge is -2.40. The maximum Gasteiger partial charge on any atom is 0.239 e. The summed E-state index contributed by atoms with van der Waals surface area (Å²) in [7, 11) is 1.66. The van der Waals surface area contributed by atoms with Gasteiger partial charge in [0.1, 0.15) is 5.54 Å². The van der Waals surface area contributed by atoms with E-state index in [1.54, 1.807) is 24.5 Å². The second kappa shape index (κ2) is 8.12. The third kappa shape index (κ3) is 3.37. The number of fused-ring (bicyclic) bond motifs is 1. The van der Waals surface area contributed by atoms with E-state index < -0.39 is 11.5 Å². The Labute approximate surface area is 201 Å². The van der Waals surface area contributed by atoms with Crippen LogP contribution in [0.15, 0.2) is 65.1 Å². The van der Waals surface area contributed by atoms with E-state index in [2.05, 4.69) is 24.2 Å². The summed E-state index contributed by atoms with van der Waals surface area (Å²) in [6.07, 6.45) is 1.83. The van der Waals surface area contributed by atoms with Crippen molar-refractivity contribution >= 4 is 34.1 Å². The zero-order chi connectivity index (χ0) is 24.0. The average Bonchev–Trinajstić information content (AvgIpc) is 3.50. The second-order valence-corrected chi connectivity index (χ2v) is 9.53. The molecule has 1 aliphatic heterocycles. The van der Waals surface area contributed by atoms with E-state index >= 15 is 0 Å². The molecule has 0 spiro atoms. The standard InChI is InChI=1S/C26H24N6OS/c1-4-32-21-9-8-18(11-19(21)14-29-32)23-24(33)31(3)25(28)30-26(23,2)22-12-20(15-34-22)17-7-5-6-16(10-17)13-27/h5-12,14-15,23H,4H2,1-3H3,(H2,28,30)/t23-,26+/m0/s1. The number of thiophene rings is 1. The molecule has 0 bridgehead atoms. The number of nitrogens with two attached hydrogens (primary N) is 1. The van der Waals surface area contributed by atoms with E-state index in [-0.39, 0.29) is 11.9 Å². The highest BCUT2D eigenvalue weighted by Crippen LogP contribution is 2.47. The summed E-state index contributed by atoms with van der Waals surface area (Å²) in [6.45, 7) is 4.79. The lowest BCUT2D eigenvalue weighted by atomic mass is 9.77. The van der Waals surface area contributed by atoms with Gasteiger partial charge in [-0.15, -0.1) is 11.3 Å². The monoisotopic (exact) mass is 468 g/mol. The molecule has 0 saturated heterocycles. The van der Waals surface area contributed by atoms with Gasteiger partial charge in [-0.1, -0.05) is 18.2 Å². The molecule has 1 aliphatic rings. The number of likely N-dealkylation sites (N-methyl/N-ethyl adjacent to an activating group) is 1. The van der Waals surface area contributed by atoms with Crippen molar-refractivity contribution in [1.29, 1.82) is 5.26 Å². The Balaban J connectivity index is 1.64. The number of guanidine groups is 1. The summed E-state index contributed by atoms with van der Waals surface area (Å²) in [5.74, 6) is -0.445. The number of nitrogens with zero attached hydrogens (tertiary/aromatic N) is 5. The van der Waals surface area contributed by atoms with Gasteiger partial charge in [-0.05, 0) is 66.2 Å². The van der Waals surface area contributed by atoms with Crippen LogP contribution in [0.5, 0.6) is 0 Å². The van der Waals surface area contributed by atoms with Gasteiger partial charge in [0.05, 0.1) is 29.3 Å². The molecule has 1 amide bonds. The second-order valence-electron chi connectivity index (χ2n) is 8.62. The van der Waals surface area contributed by atoms with Crippen LogP contribution >= 0.6 is 11.3 Å². The first-order valence-electron chi connectivity index (χ1n) is 11.0. The van der Waals surface area contributed by atoms with Crippen molar-refractivity contribution < 1.29 is 4.79 Å². The van der Waals surface area contributed by atoms with Crippen molar-refractivity contribution in [1.82, 2.24) is 14.7 Å². The first-order valence-corrected chi connectivity index (χ1v) is 11.9. The van der Waals surface area contributed by atoms with E-state index in [1.165, 1.54) is 4.90 Å². The van der Waals surface area contributed by atoms with Crippen LogP contribution < -0.4 is 5.73 Å². The molecule has 34 heavy (non-hydrogen) atoms. The lowest BCUT2D eigenvalue weighted by molar-refractivity contribution is -0.130. The number of amides is 1. The molecule has 5 rings (SSSR count). The van der Waals surface area contributed by atoms with Gasteiger partial charge < -0.3 is 5.73 Å². The predicted octanol–water partition coefficient (Wildman–Crippen LogP) is 4.44. The van der Waals surface area contributed by atoms with Crippen LogP contribution in [-0.4, -0.2) is 33.6 Å². The minimum absolute atomic E-state index is 0.0985. The number of aromatic nitrogens is 2. The number of benzene rings is 2. The molecule has 7 nitrogen and oxygen atoms in total. The molecule has 0 radical (unpaired) electrons. The highest BCUT2D eigenvalue weighted by molar-refractivity contribution is 7.10. The summed E-state index contributed by atoms with van der Waals surface area (Å²) in [5.41, 5.74) is 9.77. The fraction of sp³-hybridized carbons (Fsp3) is 0.231. The van der Waals surface area contributed by atoms with Crippen LogP contribution in [0.3, 0.4) is 0 Å². The van der Waals surface area contributed by atoms with Crippen LogP contribution in [0.4, 0.5) is 0 Å². The largest absolute Gasteiger partial charge is 0.369 e. The third-order valence-corrected chi connectivity index (χ3v) is 7.71. The number of hydrogen-bond acceptors (Lipinski definition) is 6. The van der Waals surface area contributed by atoms with Crippen molar-refractivity contribution in [2.45, 2.75) is 31.8 Å². The number of nitriles is 1. The van der Waals surface area contributed by atoms with Crippen molar-refractivity contribution in [3.05, 3.63) is 76.1 Å². The molecule has 8 heteroatoms. The molecule has 2 aromatic heterocycles. The Morgan fingerprint density at radius 3 is 2.79 bits per heavy atom. The number of aliphatic imine (C=N–C) groups is 1. The van der Waals surface area contributed by atoms with E-state index in [0.29, 0.717) is 5.56 Å². The zero-order valence-corrected chi connectivity index (χ0v) is 20.0. The average molecular weight is 469 g/mol. The third-order valence-electron chi connectivity index (χ3n) is 6.55. The maximum absolute atomic E-state index is 13.6. The minimum Gasteiger partial charge on any atom is -0.369 e. The minimum atomic E-state index is -0.877. The number of hydrogen-bond donors (Lipinski definition) is 1. The quantitative estimate of drug-likeness (QED) is 0.478. The molecular weight excluding hydrogens is 444 g/mol. The van der Waals surface area contributed by atoms with Crippen LogP contribution in [0.1, 0.15) is 35.8 Å². The fourth-order valence-electron chi connectivity index (χ4n) is 4.65. The maximum atomic E-state index is 13.6. The molecule has 2 atom stereocenters. The smallest absolute Gasteiger partial charge is 0.239 e. The summed E-state index contributed by atoms with van der Waals surface area (Å²) >= 11 is 1.55. The topological polar surface area (TPSA) is 100 Å². The molecule has 0 unspecified atom stereocenters. The van der Waals surface area contributed by atoms with E-state index in [4.69, 9.17) is 10.7 Å². The molecule has 170 valence electrons. The van der Waals surface area contributed by atoms with Gasteiger partial charge in [0.15, 0.2) is 5.96 Å². The normalized spacial score (nSPS) is 20.4. The number of carbonyl (C=O) groups excluding carboxylic acids is 1. The number of carbonyl (C=O) groups is 1. The summed E-state index contributed by atoms with van der Waals surface area (Å²) in [4.78, 5) is 20.8. The van der Waals surface area contributed by atoms with Gasteiger partial charge in [-0.2, -0.15) is 10.4 Å². The van der Waals surface area contributed by atoms with Crippen LogP contribution in [0, 0.1) is 11.3 Å².